The van der Waals surface area contributed by atoms with Crippen molar-refractivity contribution < 1.29 is 4.79 Å². The van der Waals surface area contributed by atoms with E-state index in [-0.39, 0.29) is 12.4 Å². The average Bonchev–Trinajstić information content (AvgIpc) is 1.88. The van der Waals surface area contributed by atoms with Crippen LogP contribution in [0.4, 0.5) is 5.69 Å². The first-order valence-corrected chi connectivity index (χ1v) is 3.86. The van der Waals surface area contributed by atoms with Gasteiger partial charge in [0.1, 0.15) is 0 Å². The zero-order valence-electron chi connectivity index (χ0n) is 5.58. The highest BCUT2D eigenvalue weighted by Crippen LogP contribution is 2.10. The van der Waals surface area contributed by atoms with Crippen molar-refractivity contribution in [2.75, 3.05) is 5.32 Å². The topological polar surface area (TPSA) is 29.1 Å². The smallest absolute Gasteiger partial charge is 0.211 e. The quantitative estimate of drug-likeness (QED) is 0.655. The predicted molar refractivity (Wildman–Crippen MR) is 56.1 cm³/mol. The lowest BCUT2D eigenvalue weighted by Gasteiger charge is -1.96. The van der Waals surface area contributed by atoms with Crippen LogP contribution >= 0.6 is 35.0 Å². The van der Waals surface area contributed by atoms with Crippen LogP contribution in [-0.4, -0.2) is 6.41 Å². The molecule has 0 saturated heterocycles. The molecule has 1 N–H and O–H groups in total. The summed E-state index contributed by atoms with van der Waals surface area (Å²) < 4.78 is 1.12. The molecular formula is C7H7ClINO. The summed E-state index contributed by atoms with van der Waals surface area (Å²) in [6.07, 6.45) is 0.672. The molecule has 0 atom stereocenters. The lowest BCUT2D eigenvalue weighted by Crippen LogP contribution is -1.92. The monoisotopic (exact) mass is 283 g/mol. The van der Waals surface area contributed by atoms with E-state index in [1.165, 1.54) is 0 Å². The molecule has 60 valence electrons. The zero-order chi connectivity index (χ0) is 7.40. The van der Waals surface area contributed by atoms with Gasteiger partial charge in [0, 0.05) is 9.26 Å². The summed E-state index contributed by atoms with van der Waals surface area (Å²) in [7, 11) is 0. The Morgan fingerprint density at radius 2 is 2.18 bits per heavy atom. The van der Waals surface area contributed by atoms with Gasteiger partial charge < -0.3 is 5.32 Å². The van der Waals surface area contributed by atoms with Gasteiger partial charge in [-0.25, -0.2) is 0 Å². The molecule has 0 unspecified atom stereocenters. The number of amides is 1. The molecule has 0 aromatic heterocycles. The Labute approximate surface area is 84.9 Å². The maximum atomic E-state index is 9.97. The predicted octanol–water partition coefficient (Wildman–Crippen LogP) is 2.28. The Morgan fingerprint density at radius 1 is 1.45 bits per heavy atom. The molecular weight excluding hydrogens is 276 g/mol. The fourth-order valence-corrected chi connectivity index (χ4v) is 1.19. The van der Waals surface area contributed by atoms with Crippen molar-refractivity contribution in [1.29, 1.82) is 0 Å². The molecule has 2 nitrogen and oxygen atoms in total. The van der Waals surface area contributed by atoms with E-state index in [9.17, 15) is 4.79 Å². The van der Waals surface area contributed by atoms with Crippen LogP contribution in [0.3, 0.4) is 0 Å². The molecule has 1 aromatic carbocycles. The number of carbonyl (C=O) groups excluding carboxylic acids is 1. The summed E-state index contributed by atoms with van der Waals surface area (Å²) in [6.45, 7) is 0. The first-order valence-electron chi connectivity index (χ1n) is 2.78. The van der Waals surface area contributed by atoms with Crippen molar-refractivity contribution in [3.05, 3.63) is 27.8 Å². The van der Waals surface area contributed by atoms with E-state index >= 15 is 0 Å². The van der Waals surface area contributed by atoms with Crippen LogP contribution < -0.4 is 5.32 Å². The van der Waals surface area contributed by atoms with Gasteiger partial charge in [-0.15, -0.1) is 12.4 Å². The summed E-state index contributed by atoms with van der Waals surface area (Å²) in [5.41, 5.74) is 0.835. The number of halogens is 2. The second-order valence-electron chi connectivity index (χ2n) is 1.77. The normalized spacial score (nSPS) is 8.09. The Kier molecular flexibility index (Phi) is 5.23. The van der Waals surface area contributed by atoms with Crippen LogP contribution in [0.1, 0.15) is 0 Å². The van der Waals surface area contributed by atoms with Crippen LogP contribution in [0.2, 0.25) is 0 Å². The summed E-state index contributed by atoms with van der Waals surface area (Å²) in [5, 5.41) is 2.56. The van der Waals surface area contributed by atoms with Crippen LogP contribution in [0.25, 0.3) is 0 Å². The molecule has 0 spiro atoms. The average molecular weight is 283 g/mol. The van der Waals surface area contributed by atoms with Gasteiger partial charge in [0.2, 0.25) is 6.41 Å². The summed E-state index contributed by atoms with van der Waals surface area (Å²) in [5.74, 6) is 0. The van der Waals surface area contributed by atoms with E-state index in [0.717, 1.165) is 9.26 Å². The Bertz CT molecular complexity index is 242. The Morgan fingerprint density at radius 3 is 2.73 bits per heavy atom. The summed E-state index contributed by atoms with van der Waals surface area (Å²) in [6, 6.07) is 7.61. The lowest BCUT2D eigenvalue weighted by molar-refractivity contribution is -0.105. The van der Waals surface area contributed by atoms with Gasteiger partial charge in [0.25, 0.3) is 0 Å². The van der Waals surface area contributed by atoms with Crippen LogP contribution in [0.5, 0.6) is 0 Å². The van der Waals surface area contributed by atoms with E-state index in [0.29, 0.717) is 6.41 Å². The number of carbonyl (C=O) groups is 1. The second-order valence-corrected chi connectivity index (χ2v) is 3.02. The van der Waals surface area contributed by atoms with E-state index in [4.69, 9.17) is 0 Å². The summed E-state index contributed by atoms with van der Waals surface area (Å²) in [4.78, 5) is 9.97. The molecule has 0 fully saturated rings. The highest BCUT2D eigenvalue weighted by Gasteiger charge is 1.88. The van der Waals surface area contributed by atoms with Crippen LogP contribution in [-0.2, 0) is 4.79 Å². The maximum Gasteiger partial charge on any atom is 0.211 e. The molecule has 1 rings (SSSR count). The standard InChI is InChI=1S/C7H6INO.ClH/c8-6-2-1-3-7(4-6)9-5-10;/h1-5H,(H,9,10);1H. The van der Waals surface area contributed by atoms with Crippen molar-refractivity contribution in [3.8, 4) is 0 Å². The highest BCUT2D eigenvalue weighted by molar-refractivity contribution is 14.1. The molecule has 11 heavy (non-hydrogen) atoms. The van der Waals surface area contributed by atoms with Crippen LogP contribution in [0, 0.1) is 3.57 Å². The number of hydrogen-bond acceptors (Lipinski definition) is 1. The molecule has 4 heteroatoms. The molecule has 0 aliphatic heterocycles. The van der Waals surface area contributed by atoms with E-state index in [2.05, 4.69) is 27.9 Å². The molecule has 0 saturated carbocycles. The van der Waals surface area contributed by atoms with Crippen molar-refractivity contribution >= 4 is 47.1 Å². The zero-order valence-corrected chi connectivity index (χ0v) is 8.56. The number of nitrogens with one attached hydrogen (secondary N) is 1. The highest BCUT2D eigenvalue weighted by atomic mass is 127. The largest absolute Gasteiger partial charge is 0.329 e. The molecule has 0 aliphatic rings. The van der Waals surface area contributed by atoms with Crippen molar-refractivity contribution in [3.63, 3.8) is 0 Å². The Balaban J connectivity index is 0.000001000. The maximum absolute atomic E-state index is 9.97. The lowest BCUT2D eigenvalue weighted by atomic mass is 10.3. The van der Waals surface area contributed by atoms with Gasteiger partial charge in [-0.05, 0) is 40.8 Å². The van der Waals surface area contributed by atoms with Gasteiger partial charge in [0.15, 0.2) is 0 Å². The van der Waals surface area contributed by atoms with Crippen molar-refractivity contribution in [2.24, 2.45) is 0 Å². The minimum Gasteiger partial charge on any atom is -0.329 e. The number of rotatable bonds is 2. The minimum atomic E-state index is 0. The summed E-state index contributed by atoms with van der Waals surface area (Å²) >= 11 is 2.19. The van der Waals surface area contributed by atoms with E-state index in [1.807, 2.05) is 24.3 Å². The number of hydrogen-bond donors (Lipinski definition) is 1. The Hall–Kier alpha value is -0.290. The molecule has 0 aliphatic carbocycles. The van der Waals surface area contributed by atoms with Crippen molar-refractivity contribution in [1.82, 2.24) is 0 Å². The fraction of sp³-hybridized carbons (Fsp3) is 0. The molecule has 0 radical (unpaired) electrons. The molecule has 0 heterocycles. The fourth-order valence-electron chi connectivity index (χ4n) is 0.646. The van der Waals surface area contributed by atoms with Gasteiger partial charge in [-0.1, -0.05) is 6.07 Å². The third kappa shape index (κ3) is 3.57. The van der Waals surface area contributed by atoms with E-state index < -0.39 is 0 Å². The first kappa shape index (κ1) is 10.7. The third-order valence-corrected chi connectivity index (χ3v) is 1.72. The van der Waals surface area contributed by atoms with Gasteiger partial charge in [0.05, 0.1) is 0 Å². The van der Waals surface area contributed by atoms with Gasteiger partial charge >= 0.3 is 0 Å². The van der Waals surface area contributed by atoms with Crippen LogP contribution in [0.15, 0.2) is 24.3 Å². The molecule has 1 amide bonds. The van der Waals surface area contributed by atoms with Crippen molar-refractivity contribution in [2.45, 2.75) is 0 Å². The van der Waals surface area contributed by atoms with E-state index in [1.54, 1.807) is 0 Å². The third-order valence-electron chi connectivity index (χ3n) is 1.05. The van der Waals surface area contributed by atoms with Gasteiger partial charge in [-0.2, -0.15) is 0 Å². The second kappa shape index (κ2) is 5.37. The molecule has 1 aromatic rings. The SMILES string of the molecule is Cl.O=CNc1cccc(I)c1. The number of anilines is 1. The molecule has 0 bridgehead atoms. The first-order chi connectivity index (χ1) is 4.83. The minimum absolute atomic E-state index is 0. The van der Waals surface area contributed by atoms with Gasteiger partial charge in [-0.3, -0.25) is 4.79 Å². The number of benzene rings is 1.